The largest absolute Gasteiger partial charge is 0.374 e. The maximum Gasteiger partial charge on any atom is 0.274 e. The van der Waals surface area contributed by atoms with E-state index in [-0.39, 0.29) is 5.91 Å². The zero-order chi connectivity index (χ0) is 31.0. The molecule has 7 rings (SSSR count). The quantitative estimate of drug-likeness (QED) is 0.219. The number of carbonyl (C=O) groups is 1. The first-order valence-corrected chi connectivity index (χ1v) is 15.3. The van der Waals surface area contributed by atoms with Gasteiger partial charge in [-0.25, -0.2) is 9.97 Å². The molecule has 0 radical (unpaired) electrons. The molecule has 2 N–H and O–H groups in total. The standard InChI is InChI=1S/C33H32ClN9O2/c1-41-21-36-20-29(41)33(45,24-10-8-22(9-11-24)19-35-14-4-16-42-15-3-7-30(42)44)25-12-13-28-27(18-25)31(23-5-2-6-26(34)17-23)37-32-38-39-40-43(28)32/h2,5-6,8-13,17-18,20-21,35,45H,3-4,7,14-16,19H2,1H3. The van der Waals surface area contributed by atoms with Crippen LogP contribution in [0.1, 0.15) is 41.6 Å². The number of aryl methyl sites for hydroxylation is 1. The fourth-order valence-electron chi connectivity index (χ4n) is 6.16. The lowest BCUT2D eigenvalue weighted by atomic mass is 9.82. The van der Waals surface area contributed by atoms with Crippen molar-refractivity contribution >= 4 is 34.2 Å². The number of benzene rings is 3. The molecule has 12 heteroatoms. The predicted molar refractivity (Wildman–Crippen MR) is 170 cm³/mol. The van der Waals surface area contributed by atoms with Gasteiger partial charge in [0.1, 0.15) is 0 Å². The van der Waals surface area contributed by atoms with Crippen molar-refractivity contribution in [1.82, 2.24) is 44.8 Å². The molecule has 0 spiro atoms. The summed E-state index contributed by atoms with van der Waals surface area (Å²) in [7, 11) is 1.87. The van der Waals surface area contributed by atoms with E-state index < -0.39 is 5.60 Å². The number of hydrogen-bond donors (Lipinski definition) is 2. The minimum Gasteiger partial charge on any atom is -0.374 e. The van der Waals surface area contributed by atoms with Gasteiger partial charge < -0.3 is 19.9 Å². The predicted octanol–water partition coefficient (Wildman–Crippen LogP) is 4.11. The third-order valence-corrected chi connectivity index (χ3v) is 8.74. The first-order chi connectivity index (χ1) is 21.9. The lowest BCUT2D eigenvalue weighted by Gasteiger charge is -2.30. The molecule has 1 amide bonds. The van der Waals surface area contributed by atoms with Crippen molar-refractivity contribution in [1.29, 1.82) is 0 Å². The Hall–Kier alpha value is -4.71. The maximum atomic E-state index is 12.7. The summed E-state index contributed by atoms with van der Waals surface area (Å²) in [6, 6.07) is 21.2. The highest BCUT2D eigenvalue weighted by Crippen LogP contribution is 2.39. The lowest BCUT2D eigenvalue weighted by molar-refractivity contribution is -0.127. The number of likely N-dealkylation sites (tertiary alicyclic amines) is 1. The zero-order valence-electron chi connectivity index (χ0n) is 24.8. The zero-order valence-corrected chi connectivity index (χ0v) is 25.5. The average Bonchev–Trinajstić information content (AvgIpc) is 3.81. The molecule has 1 aliphatic heterocycles. The van der Waals surface area contributed by atoms with Gasteiger partial charge in [-0.2, -0.15) is 4.52 Å². The van der Waals surface area contributed by atoms with Crippen LogP contribution in [0.5, 0.6) is 0 Å². The number of imidazole rings is 1. The van der Waals surface area contributed by atoms with Crippen LogP contribution in [0.4, 0.5) is 0 Å². The summed E-state index contributed by atoms with van der Waals surface area (Å²) >= 11 is 6.36. The molecule has 6 aromatic rings. The van der Waals surface area contributed by atoms with Crippen LogP contribution in [-0.2, 0) is 24.0 Å². The highest BCUT2D eigenvalue weighted by Gasteiger charge is 2.37. The number of fused-ring (bicyclic) bond motifs is 3. The number of tetrazole rings is 1. The molecule has 1 saturated heterocycles. The molecular weight excluding hydrogens is 590 g/mol. The molecule has 228 valence electrons. The Morgan fingerprint density at radius 3 is 2.67 bits per heavy atom. The van der Waals surface area contributed by atoms with Gasteiger partial charge in [0.25, 0.3) is 5.78 Å². The van der Waals surface area contributed by atoms with E-state index in [9.17, 15) is 9.90 Å². The van der Waals surface area contributed by atoms with Gasteiger partial charge in [0.05, 0.1) is 29.4 Å². The Labute approximate surface area is 264 Å². The fourth-order valence-corrected chi connectivity index (χ4v) is 6.35. The summed E-state index contributed by atoms with van der Waals surface area (Å²) in [4.78, 5) is 22.9. The van der Waals surface area contributed by atoms with Crippen LogP contribution >= 0.6 is 11.6 Å². The first kappa shape index (κ1) is 29.0. The number of carbonyl (C=O) groups excluding carboxylic acids is 1. The van der Waals surface area contributed by atoms with Crippen LogP contribution in [0.15, 0.2) is 79.3 Å². The Morgan fingerprint density at radius 2 is 1.91 bits per heavy atom. The van der Waals surface area contributed by atoms with Gasteiger partial charge in [-0.3, -0.25) is 4.79 Å². The van der Waals surface area contributed by atoms with Crippen molar-refractivity contribution in [3.05, 3.63) is 107 Å². The van der Waals surface area contributed by atoms with E-state index in [4.69, 9.17) is 16.6 Å². The SMILES string of the molecule is Cn1cncc1C(O)(c1ccc(CNCCCN2CCCC2=O)cc1)c1ccc2c(c1)c(-c1cccc(Cl)c1)nc1nnnn12. The molecule has 45 heavy (non-hydrogen) atoms. The van der Waals surface area contributed by atoms with Crippen LogP contribution in [0.2, 0.25) is 5.02 Å². The topological polar surface area (TPSA) is 126 Å². The summed E-state index contributed by atoms with van der Waals surface area (Å²) in [6.45, 7) is 3.17. The van der Waals surface area contributed by atoms with Gasteiger partial charge in [0.15, 0.2) is 5.60 Å². The van der Waals surface area contributed by atoms with Crippen LogP contribution < -0.4 is 5.32 Å². The van der Waals surface area contributed by atoms with E-state index in [0.29, 0.717) is 46.3 Å². The summed E-state index contributed by atoms with van der Waals surface area (Å²) < 4.78 is 3.41. The number of nitrogens with zero attached hydrogens (tertiary/aromatic N) is 8. The van der Waals surface area contributed by atoms with E-state index in [1.54, 1.807) is 17.0 Å². The number of amides is 1. The number of rotatable bonds is 10. The van der Waals surface area contributed by atoms with Gasteiger partial charge in [0, 0.05) is 49.1 Å². The fraction of sp³-hybridized carbons (Fsp3) is 0.273. The van der Waals surface area contributed by atoms with Crippen LogP contribution in [-0.4, -0.2) is 70.1 Å². The molecule has 3 aromatic carbocycles. The van der Waals surface area contributed by atoms with Crippen molar-refractivity contribution in [2.24, 2.45) is 7.05 Å². The Balaban J connectivity index is 1.23. The molecule has 1 atom stereocenters. The van der Waals surface area contributed by atoms with Crippen molar-refractivity contribution in [2.45, 2.75) is 31.4 Å². The number of nitrogens with one attached hydrogen (secondary N) is 1. The molecule has 0 aliphatic carbocycles. The van der Waals surface area contributed by atoms with Crippen molar-refractivity contribution in [3.8, 4) is 11.3 Å². The monoisotopic (exact) mass is 621 g/mol. The average molecular weight is 622 g/mol. The van der Waals surface area contributed by atoms with Gasteiger partial charge >= 0.3 is 0 Å². The van der Waals surface area contributed by atoms with Crippen molar-refractivity contribution in [2.75, 3.05) is 19.6 Å². The van der Waals surface area contributed by atoms with E-state index in [0.717, 1.165) is 54.5 Å². The summed E-state index contributed by atoms with van der Waals surface area (Å²) in [6.07, 6.45) is 5.92. The Kier molecular flexibility index (Phi) is 7.74. The second-order valence-electron chi connectivity index (χ2n) is 11.4. The third-order valence-electron chi connectivity index (χ3n) is 8.50. The minimum atomic E-state index is -1.53. The molecule has 3 aromatic heterocycles. The van der Waals surface area contributed by atoms with Crippen LogP contribution in [0, 0.1) is 0 Å². The molecular formula is C33H32ClN9O2. The Bertz CT molecular complexity index is 2010. The van der Waals surface area contributed by atoms with Crippen LogP contribution in [0.25, 0.3) is 27.9 Å². The van der Waals surface area contributed by atoms with E-state index in [2.05, 4.69) is 25.8 Å². The normalized spacial score (nSPS) is 14.9. The number of hydrogen-bond acceptors (Lipinski definition) is 8. The molecule has 0 saturated carbocycles. The molecule has 1 fully saturated rings. The van der Waals surface area contributed by atoms with Gasteiger partial charge in [-0.05, 0) is 70.8 Å². The third kappa shape index (κ3) is 5.43. The van der Waals surface area contributed by atoms with Crippen molar-refractivity contribution < 1.29 is 9.90 Å². The number of halogens is 1. The Morgan fingerprint density at radius 1 is 1.07 bits per heavy atom. The van der Waals surface area contributed by atoms with Crippen LogP contribution in [0.3, 0.4) is 0 Å². The maximum absolute atomic E-state index is 12.7. The van der Waals surface area contributed by atoms with Gasteiger partial charge in [-0.1, -0.05) is 59.2 Å². The number of aliphatic hydroxyl groups is 1. The van der Waals surface area contributed by atoms with E-state index in [1.165, 1.54) is 0 Å². The minimum absolute atomic E-state index is 0.263. The van der Waals surface area contributed by atoms with E-state index >= 15 is 0 Å². The lowest BCUT2D eigenvalue weighted by Crippen LogP contribution is -2.31. The summed E-state index contributed by atoms with van der Waals surface area (Å²) in [5, 5.41) is 29.6. The second-order valence-corrected chi connectivity index (χ2v) is 11.8. The van der Waals surface area contributed by atoms with Crippen molar-refractivity contribution in [3.63, 3.8) is 0 Å². The molecule has 4 heterocycles. The molecule has 11 nitrogen and oxygen atoms in total. The summed E-state index contributed by atoms with van der Waals surface area (Å²) in [5.74, 6) is 0.624. The highest BCUT2D eigenvalue weighted by molar-refractivity contribution is 6.30. The highest BCUT2D eigenvalue weighted by atomic mass is 35.5. The molecule has 0 bridgehead atoms. The molecule has 1 unspecified atom stereocenters. The smallest absolute Gasteiger partial charge is 0.274 e. The summed E-state index contributed by atoms with van der Waals surface area (Å²) in [5.41, 5.74) is 3.71. The first-order valence-electron chi connectivity index (χ1n) is 15.0. The van der Waals surface area contributed by atoms with Gasteiger partial charge in [0.2, 0.25) is 5.91 Å². The van der Waals surface area contributed by atoms with E-state index in [1.807, 2.05) is 83.2 Å². The second kappa shape index (κ2) is 12.0. The number of aromatic nitrogens is 7. The van der Waals surface area contributed by atoms with Gasteiger partial charge in [-0.15, -0.1) is 0 Å². The molecule has 1 aliphatic rings.